The van der Waals surface area contributed by atoms with Crippen LogP contribution in [-0.4, -0.2) is 58.3 Å². The van der Waals surface area contributed by atoms with Gasteiger partial charge in [0.25, 0.3) is 5.91 Å². The number of carbonyl (C=O) groups excluding carboxylic acids is 3. The van der Waals surface area contributed by atoms with Gasteiger partial charge in [-0.05, 0) is 54.8 Å². The molecular formula is C25H30N2O7. The Bertz CT molecular complexity index is 1000. The minimum atomic E-state index is -0.910. The summed E-state index contributed by atoms with van der Waals surface area (Å²) < 4.78 is 20.5. The van der Waals surface area contributed by atoms with Gasteiger partial charge in [-0.1, -0.05) is 18.2 Å². The number of amides is 2. The monoisotopic (exact) mass is 470 g/mol. The fourth-order valence-corrected chi connectivity index (χ4v) is 2.90. The first-order chi connectivity index (χ1) is 16.4. The molecule has 0 bridgehead atoms. The second-order valence-electron chi connectivity index (χ2n) is 7.23. The smallest absolute Gasteiger partial charge is 0.328 e. The fourth-order valence-electron chi connectivity index (χ4n) is 2.90. The van der Waals surface area contributed by atoms with Crippen molar-refractivity contribution in [3.63, 3.8) is 0 Å². The highest BCUT2D eigenvalue weighted by atomic mass is 16.5. The molecule has 0 radical (unpaired) electrons. The maximum absolute atomic E-state index is 12.1. The van der Waals surface area contributed by atoms with E-state index in [-0.39, 0.29) is 0 Å². The van der Waals surface area contributed by atoms with E-state index >= 15 is 0 Å². The highest BCUT2D eigenvalue weighted by Crippen LogP contribution is 2.27. The molecule has 2 rings (SSSR count). The molecule has 182 valence electrons. The lowest BCUT2D eigenvalue weighted by Gasteiger charge is -2.12. The largest absolute Gasteiger partial charge is 0.497 e. The first-order valence-electron chi connectivity index (χ1n) is 10.6. The van der Waals surface area contributed by atoms with Gasteiger partial charge >= 0.3 is 5.97 Å². The third-order valence-corrected chi connectivity index (χ3v) is 4.78. The van der Waals surface area contributed by atoms with Crippen LogP contribution in [0.5, 0.6) is 17.2 Å². The molecule has 2 amide bonds. The minimum absolute atomic E-state index is 0.355. The van der Waals surface area contributed by atoms with Crippen LogP contribution in [0, 0.1) is 0 Å². The normalized spacial score (nSPS) is 11.4. The fraction of sp³-hybridized carbons (Fsp3) is 0.320. The van der Waals surface area contributed by atoms with Crippen LogP contribution >= 0.6 is 0 Å². The Morgan fingerprint density at radius 3 is 2.29 bits per heavy atom. The molecular weight excluding hydrogens is 440 g/mol. The standard InChI is InChI=1S/C25H30N2O7/c1-17(27-23(28)12-8-18-5-9-20(31-2)10-6-18)25(30)34-16-24(29)26-14-13-19-7-11-21(32-3)22(15-19)33-4/h5-12,15,17H,13-14,16H2,1-4H3,(H,26,29)(H,27,28)/t17-/m0/s1. The van der Waals surface area contributed by atoms with Gasteiger partial charge in [-0.25, -0.2) is 4.79 Å². The number of benzene rings is 2. The van der Waals surface area contributed by atoms with E-state index in [0.717, 1.165) is 11.1 Å². The van der Waals surface area contributed by atoms with E-state index in [1.807, 2.05) is 12.1 Å². The molecule has 0 unspecified atom stereocenters. The second kappa shape index (κ2) is 13.5. The summed E-state index contributed by atoms with van der Waals surface area (Å²) in [7, 11) is 4.69. The first kappa shape index (κ1) is 26.2. The van der Waals surface area contributed by atoms with Crippen LogP contribution in [0.4, 0.5) is 0 Å². The predicted molar refractivity (Wildman–Crippen MR) is 127 cm³/mol. The van der Waals surface area contributed by atoms with Gasteiger partial charge in [0.1, 0.15) is 11.8 Å². The Morgan fingerprint density at radius 1 is 0.941 bits per heavy atom. The molecule has 0 spiro atoms. The predicted octanol–water partition coefficient (Wildman–Crippen LogP) is 2.13. The van der Waals surface area contributed by atoms with Crippen LogP contribution in [0.3, 0.4) is 0 Å². The van der Waals surface area contributed by atoms with Crippen molar-refractivity contribution in [2.24, 2.45) is 0 Å². The average molecular weight is 471 g/mol. The summed E-state index contributed by atoms with van der Waals surface area (Å²) >= 11 is 0. The highest BCUT2D eigenvalue weighted by molar-refractivity contribution is 5.94. The summed E-state index contributed by atoms with van der Waals surface area (Å²) in [5, 5.41) is 5.19. The average Bonchev–Trinajstić information content (AvgIpc) is 2.86. The first-order valence-corrected chi connectivity index (χ1v) is 10.6. The number of rotatable bonds is 12. The molecule has 0 saturated carbocycles. The van der Waals surface area contributed by atoms with E-state index in [2.05, 4.69) is 10.6 Å². The zero-order valence-corrected chi connectivity index (χ0v) is 19.8. The van der Waals surface area contributed by atoms with Gasteiger partial charge in [0, 0.05) is 12.6 Å². The summed E-state index contributed by atoms with van der Waals surface area (Å²) in [6.45, 7) is 1.40. The molecule has 0 saturated heterocycles. The van der Waals surface area contributed by atoms with Crippen LogP contribution in [-0.2, 0) is 25.5 Å². The number of hydrogen-bond donors (Lipinski definition) is 2. The zero-order chi connectivity index (χ0) is 24.9. The number of hydrogen-bond acceptors (Lipinski definition) is 7. The third kappa shape index (κ3) is 8.50. The van der Waals surface area contributed by atoms with Gasteiger partial charge in [-0.2, -0.15) is 0 Å². The molecule has 1 atom stereocenters. The molecule has 2 aromatic carbocycles. The Labute approximate surface area is 199 Å². The molecule has 2 N–H and O–H groups in total. The van der Waals surface area contributed by atoms with E-state index in [1.54, 1.807) is 57.7 Å². The highest BCUT2D eigenvalue weighted by Gasteiger charge is 2.17. The van der Waals surface area contributed by atoms with E-state index in [1.165, 1.54) is 13.0 Å². The van der Waals surface area contributed by atoms with Crippen molar-refractivity contribution in [3.8, 4) is 17.2 Å². The molecule has 0 fully saturated rings. The summed E-state index contributed by atoms with van der Waals surface area (Å²) in [4.78, 5) is 36.1. The molecule has 2 aromatic rings. The van der Waals surface area contributed by atoms with E-state index in [4.69, 9.17) is 18.9 Å². The van der Waals surface area contributed by atoms with Crippen molar-refractivity contribution in [1.82, 2.24) is 10.6 Å². The summed E-state index contributed by atoms with van der Waals surface area (Å²) in [6, 6.07) is 11.7. The number of nitrogens with one attached hydrogen (secondary N) is 2. The van der Waals surface area contributed by atoms with E-state index in [9.17, 15) is 14.4 Å². The van der Waals surface area contributed by atoms with Crippen molar-refractivity contribution in [1.29, 1.82) is 0 Å². The Kier molecular flexibility index (Phi) is 10.4. The van der Waals surface area contributed by atoms with Crippen molar-refractivity contribution >= 4 is 23.9 Å². The van der Waals surface area contributed by atoms with Crippen molar-refractivity contribution in [2.45, 2.75) is 19.4 Å². The molecule has 0 heterocycles. The lowest BCUT2D eigenvalue weighted by atomic mass is 10.1. The van der Waals surface area contributed by atoms with Crippen LogP contribution < -0.4 is 24.8 Å². The van der Waals surface area contributed by atoms with Crippen molar-refractivity contribution in [2.75, 3.05) is 34.5 Å². The van der Waals surface area contributed by atoms with Crippen molar-refractivity contribution in [3.05, 3.63) is 59.7 Å². The number of carbonyl (C=O) groups is 3. The Hall–Kier alpha value is -4.01. The number of ether oxygens (including phenoxy) is 4. The quantitative estimate of drug-likeness (QED) is 0.361. The topological polar surface area (TPSA) is 112 Å². The molecule has 9 heteroatoms. The van der Waals surface area contributed by atoms with Crippen LogP contribution in [0.1, 0.15) is 18.1 Å². The summed E-state index contributed by atoms with van der Waals surface area (Å²) in [6.07, 6.45) is 3.48. The molecule has 9 nitrogen and oxygen atoms in total. The Morgan fingerprint density at radius 2 is 1.65 bits per heavy atom. The van der Waals surface area contributed by atoms with Gasteiger partial charge in [-0.15, -0.1) is 0 Å². The maximum atomic E-state index is 12.1. The number of esters is 1. The molecule has 34 heavy (non-hydrogen) atoms. The van der Waals surface area contributed by atoms with Crippen LogP contribution in [0.25, 0.3) is 6.08 Å². The zero-order valence-electron chi connectivity index (χ0n) is 19.8. The van der Waals surface area contributed by atoms with E-state index < -0.39 is 30.4 Å². The lowest BCUT2D eigenvalue weighted by molar-refractivity contribution is -0.150. The van der Waals surface area contributed by atoms with Crippen molar-refractivity contribution < 1.29 is 33.3 Å². The van der Waals surface area contributed by atoms with Crippen LogP contribution in [0.2, 0.25) is 0 Å². The molecule has 0 aromatic heterocycles. The third-order valence-electron chi connectivity index (χ3n) is 4.78. The van der Waals surface area contributed by atoms with Crippen LogP contribution in [0.15, 0.2) is 48.5 Å². The van der Waals surface area contributed by atoms with Gasteiger partial charge in [-0.3, -0.25) is 9.59 Å². The van der Waals surface area contributed by atoms with Gasteiger partial charge in [0.05, 0.1) is 21.3 Å². The lowest BCUT2D eigenvalue weighted by Crippen LogP contribution is -2.40. The minimum Gasteiger partial charge on any atom is -0.497 e. The maximum Gasteiger partial charge on any atom is 0.328 e. The van der Waals surface area contributed by atoms with Gasteiger partial charge in [0.2, 0.25) is 5.91 Å². The molecule has 0 aliphatic rings. The summed E-state index contributed by atoms with van der Waals surface area (Å²) in [5.74, 6) is 0.338. The number of methoxy groups -OCH3 is 3. The Balaban J connectivity index is 1.70. The molecule has 0 aliphatic carbocycles. The summed E-state index contributed by atoms with van der Waals surface area (Å²) in [5.41, 5.74) is 1.75. The van der Waals surface area contributed by atoms with Gasteiger partial charge in [0.15, 0.2) is 18.1 Å². The van der Waals surface area contributed by atoms with Gasteiger partial charge < -0.3 is 29.6 Å². The van der Waals surface area contributed by atoms with E-state index in [0.29, 0.717) is 30.2 Å². The second-order valence-corrected chi connectivity index (χ2v) is 7.23. The SMILES string of the molecule is COc1ccc(C=CC(=O)N[C@@H](C)C(=O)OCC(=O)NCCc2ccc(OC)c(OC)c2)cc1. The molecule has 0 aliphatic heterocycles.